The van der Waals surface area contributed by atoms with E-state index in [2.05, 4.69) is 29.4 Å². The summed E-state index contributed by atoms with van der Waals surface area (Å²) >= 11 is 0. The number of aromatic nitrogens is 2. The van der Waals surface area contributed by atoms with Crippen LogP contribution >= 0.6 is 0 Å². The molecule has 1 saturated heterocycles. The standard InChI is InChI=1S/C19H28F3N5O2/c1-13(2)6-7-23-18(29)15-4-5-16(25-24-15)26-8-10-27(11-9-26)17(28)12-14(3)19(20,21)22/h4-5,13-14H,6-12H2,1-3H3,(H,23,29). The molecule has 2 amide bonds. The van der Waals surface area contributed by atoms with Crippen molar-refractivity contribution < 1.29 is 22.8 Å². The third kappa shape index (κ3) is 6.86. The lowest BCUT2D eigenvalue weighted by Gasteiger charge is -2.35. The summed E-state index contributed by atoms with van der Waals surface area (Å²) < 4.78 is 37.9. The molecule has 2 heterocycles. The van der Waals surface area contributed by atoms with E-state index in [1.165, 1.54) is 4.90 Å². The second kappa shape index (κ2) is 9.89. The summed E-state index contributed by atoms with van der Waals surface area (Å²) in [5.41, 5.74) is 0.229. The summed E-state index contributed by atoms with van der Waals surface area (Å²) in [7, 11) is 0. The summed E-state index contributed by atoms with van der Waals surface area (Å²) in [4.78, 5) is 27.5. The van der Waals surface area contributed by atoms with Gasteiger partial charge in [-0.3, -0.25) is 9.59 Å². The number of halogens is 3. The van der Waals surface area contributed by atoms with Gasteiger partial charge in [-0.2, -0.15) is 13.2 Å². The maximum atomic E-state index is 12.6. The number of hydrogen-bond donors (Lipinski definition) is 1. The van der Waals surface area contributed by atoms with Crippen LogP contribution in [0.3, 0.4) is 0 Å². The predicted molar refractivity (Wildman–Crippen MR) is 102 cm³/mol. The SMILES string of the molecule is CC(C)CCNC(=O)c1ccc(N2CCN(C(=O)CC(C)C(F)(F)F)CC2)nn1. The van der Waals surface area contributed by atoms with Crippen molar-refractivity contribution in [3.8, 4) is 0 Å². The number of rotatable bonds is 7. The Labute approximate surface area is 168 Å². The van der Waals surface area contributed by atoms with Crippen LogP contribution in [0.15, 0.2) is 12.1 Å². The highest BCUT2D eigenvalue weighted by Gasteiger charge is 2.38. The van der Waals surface area contributed by atoms with Crippen LogP contribution in [-0.4, -0.2) is 65.8 Å². The molecule has 7 nitrogen and oxygen atoms in total. The van der Waals surface area contributed by atoms with Crippen molar-refractivity contribution in [1.29, 1.82) is 0 Å². The van der Waals surface area contributed by atoms with Gasteiger partial charge in [0.15, 0.2) is 11.5 Å². The van der Waals surface area contributed by atoms with E-state index >= 15 is 0 Å². The first-order valence-electron chi connectivity index (χ1n) is 9.79. The van der Waals surface area contributed by atoms with Gasteiger partial charge in [0.05, 0.1) is 5.92 Å². The monoisotopic (exact) mass is 415 g/mol. The minimum Gasteiger partial charge on any atom is -0.352 e. The molecular weight excluding hydrogens is 387 g/mol. The van der Waals surface area contributed by atoms with Crippen LogP contribution in [-0.2, 0) is 4.79 Å². The fraction of sp³-hybridized carbons (Fsp3) is 0.684. The van der Waals surface area contributed by atoms with Gasteiger partial charge in [-0.05, 0) is 24.5 Å². The fourth-order valence-corrected chi connectivity index (χ4v) is 2.87. The van der Waals surface area contributed by atoms with Crippen molar-refractivity contribution in [3.63, 3.8) is 0 Å². The van der Waals surface area contributed by atoms with Crippen LogP contribution < -0.4 is 10.2 Å². The molecule has 2 rings (SSSR count). The molecule has 1 N–H and O–H groups in total. The lowest BCUT2D eigenvalue weighted by Crippen LogP contribution is -2.49. The van der Waals surface area contributed by atoms with Gasteiger partial charge in [0.2, 0.25) is 5.91 Å². The minimum atomic E-state index is -4.37. The Kier molecular flexibility index (Phi) is 7.80. The van der Waals surface area contributed by atoms with E-state index in [9.17, 15) is 22.8 Å². The molecule has 0 radical (unpaired) electrons. The van der Waals surface area contributed by atoms with Crippen LogP contribution in [0.25, 0.3) is 0 Å². The van der Waals surface area contributed by atoms with E-state index in [1.54, 1.807) is 12.1 Å². The number of alkyl halides is 3. The molecule has 1 atom stereocenters. The van der Waals surface area contributed by atoms with E-state index in [1.807, 2.05) is 4.90 Å². The number of nitrogens with one attached hydrogen (secondary N) is 1. The highest BCUT2D eigenvalue weighted by Crippen LogP contribution is 2.28. The van der Waals surface area contributed by atoms with Gasteiger partial charge < -0.3 is 15.1 Å². The Morgan fingerprint density at radius 2 is 1.76 bits per heavy atom. The molecule has 0 spiro atoms. The second-order valence-electron chi connectivity index (χ2n) is 7.73. The van der Waals surface area contributed by atoms with Gasteiger partial charge in [0, 0.05) is 39.1 Å². The summed E-state index contributed by atoms with van der Waals surface area (Å²) in [5.74, 6) is -1.36. The number of anilines is 1. The van der Waals surface area contributed by atoms with Crippen molar-refractivity contribution in [2.24, 2.45) is 11.8 Å². The van der Waals surface area contributed by atoms with Gasteiger partial charge >= 0.3 is 6.18 Å². The van der Waals surface area contributed by atoms with Crippen molar-refractivity contribution >= 4 is 17.6 Å². The first-order chi connectivity index (χ1) is 13.6. The number of nitrogens with zero attached hydrogens (tertiary/aromatic N) is 4. The van der Waals surface area contributed by atoms with E-state index in [0.717, 1.165) is 13.3 Å². The maximum Gasteiger partial charge on any atom is 0.392 e. The zero-order chi connectivity index (χ0) is 21.6. The van der Waals surface area contributed by atoms with E-state index in [4.69, 9.17) is 0 Å². The number of piperazine rings is 1. The van der Waals surface area contributed by atoms with Crippen molar-refractivity contribution in [2.75, 3.05) is 37.6 Å². The molecule has 1 fully saturated rings. The van der Waals surface area contributed by atoms with E-state index in [-0.39, 0.29) is 11.6 Å². The van der Waals surface area contributed by atoms with Crippen LogP contribution in [0.5, 0.6) is 0 Å². The quantitative estimate of drug-likeness (QED) is 0.740. The number of carbonyl (C=O) groups is 2. The maximum absolute atomic E-state index is 12.6. The highest BCUT2D eigenvalue weighted by molar-refractivity contribution is 5.92. The van der Waals surface area contributed by atoms with Crippen molar-refractivity contribution in [1.82, 2.24) is 20.4 Å². The lowest BCUT2D eigenvalue weighted by molar-refractivity contribution is -0.176. The molecule has 29 heavy (non-hydrogen) atoms. The number of hydrogen-bond acceptors (Lipinski definition) is 5. The van der Waals surface area contributed by atoms with Crippen LogP contribution in [0, 0.1) is 11.8 Å². The topological polar surface area (TPSA) is 78.4 Å². The van der Waals surface area contributed by atoms with E-state index < -0.39 is 24.4 Å². The predicted octanol–water partition coefficient (Wildman–Crippen LogP) is 2.49. The largest absolute Gasteiger partial charge is 0.392 e. The smallest absolute Gasteiger partial charge is 0.352 e. The average molecular weight is 415 g/mol. The molecule has 162 valence electrons. The zero-order valence-electron chi connectivity index (χ0n) is 17.0. The van der Waals surface area contributed by atoms with Crippen LogP contribution in [0.2, 0.25) is 0 Å². The van der Waals surface area contributed by atoms with E-state index in [0.29, 0.717) is 44.5 Å². The Morgan fingerprint density at radius 1 is 1.10 bits per heavy atom. The summed E-state index contributed by atoms with van der Waals surface area (Å²) in [6, 6.07) is 3.28. The highest BCUT2D eigenvalue weighted by atomic mass is 19.4. The molecule has 10 heteroatoms. The fourth-order valence-electron chi connectivity index (χ4n) is 2.87. The molecule has 0 aromatic carbocycles. The van der Waals surface area contributed by atoms with Crippen molar-refractivity contribution in [2.45, 2.75) is 39.8 Å². The van der Waals surface area contributed by atoms with Crippen LogP contribution in [0.4, 0.5) is 19.0 Å². The Bertz CT molecular complexity index is 686. The number of amides is 2. The first kappa shape index (κ1) is 22.9. The van der Waals surface area contributed by atoms with Gasteiger partial charge in [0.25, 0.3) is 5.91 Å². The molecule has 0 bridgehead atoms. The van der Waals surface area contributed by atoms with Gasteiger partial charge in [-0.15, -0.1) is 10.2 Å². The molecule has 1 aliphatic heterocycles. The molecule has 1 unspecified atom stereocenters. The normalized spacial score (nSPS) is 16.1. The second-order valence-corrected chi connectivity index (χ2v) is 7.73. The summed E-state index contributed by atoms with van der Waals surface area (Å²) in [6.45, 7) is 7.27. The molecule has 0 saturated carbocycles. The minimum absolute atomic E-state index is 0.229. The third-order valence-corrected chi connectivity index (χ3v) is 4.89. The molecular formula is C19H28F3N5O2. The summed E-state index contributed by atoms with van der Waals surface area (Å²) in [5, 5.41) is 10.8. The van der Waals surface area contributed by atoms with Crippen LogP contribution in [0.1, 0.15) is 44.1 Å². The zero-order valence-corrected chi connectivity index (χ0v) is 17.0. The lowest BCUT2D eigenvalue weighted by atomic mass is 10.1. The Morgan fingerprint density at radius 3 is 2.28 bits per heavy atom. The first-order valence-corrected chi connectivity index (χ1v) is 9.79. The van der Waals surface area contributed by atoms with Crippen molar-refractivity contribution in [3.05, 3.63) is 17.8 Å². The Hall–Kier alpha value is -2.39. The molecule has 0 aliphatic carbocycles. The summed E-state index contributed by atoms with van der Waals surface area (Å²) in [6.07, 6.45) is -4.03. The van der Waals surface area contributed by atoms with Gasteiger partial charge in [-0.25, -0.2) is 0 Å². The van der Waals surface area contributed by atoms with Gasteiger partial charge in [-0.1, -0.05) is 20.8 Å². The third-order valence-electron chi connectivity index (χ3n) is 4.89. The van der Waals surface area contributed by atoms with Gasteiger partial charge in [0.1, 0.15) is 0 Å². The Balaban J connectivity index is 1.83. The molecule has 1 aromatic heterocycles. The number of carbonyl (C=O) groups excluding carboxylic acids is 2. The average Bonchev–Trinajstić information content (AvgIpc) is 2.67. The molecule has 1 aromatic rings. The molecule has 1 aliphatic rings.